The molecular formula is C21H22N4O3. The van der Waals surface area contributed by atoms with Crippen LogP contribution in [0.1, 0.15) is 27.0 Å². The van der Waals surface area contributed by atoms with Crippen molar-refractivity contribution in [1.29, 1.82) is 0 Å². The van der Waals surface area contributed by atoms with Gasteiger partial charge in [0.15, 0.2) is 11.8 Å². The van der Waals surface area contributed by atoms with E-state index in [1.165, 1.54) is 0 Å². The molecule has 0 saturated carbocycles. The number of pyridine rings is 1. The zero-order valence-electron chi connectivity index (χ0n) is 15.9. The van der Waals surface area contributed by atoms with Crippen LogP contribution in [0.25, 0.3) is 0 Å². The van der Waals surface area contributed by atoms with Crippen LogP contribution in [0.4, 0.5) is 0 Å². The van der Waals surface area contributed by atoms with Crippen LogP contribution in [-0.4, -0.2) is 46.6 Å². The SMILES string of the molecule is Cc1cc(C)cc(C(=O)N2C[C@@H]3C(C(=O)NCc4cccnc4)=NO[C@@H]3C2)c1. The molecule has 1 N–H and O–H groups in total. The molecule has 1 aromatic heterocycles. The van der Waals surface area contributed by atoms with Gasteiger partial charge in [0.05, 0.1) is 12.5 Å². The number of fused-ring (bicyclic) bond motifs is 1. The Kier molecular flexibility index (Phi) is 4.81. The van der Waals surface area contributed by atoms with Crippen molar-refractivity contribution in [2.45, 2.75) is 26.5 Å². The fourth-order valence-corrected chi connectivity index (χ4v) is 3.77. The zero-order chi connectivity index (χ0) is 19.7. The van der Waals surface area contributed by atoms with E-state index < -0.39 is 0 Å². The van der Waals surface area contributed by atoms with E-state index in [1.54, 1.807) is 17.3 Å². The number of aryl methyl sites for hydroxylation is 2. The first-order chi connectivity index (χ1) is 13.5. The molecule has 7 heteroatoms. The number of likely N-dealkylation sites (tertiary alicyclic amines) is 1. The zero-order valence-corrected chi connectivity index (χ0v) is 15.9. The van der Waals surface area contributed by atoms with Crippen molar-refractivity contribution in [3.63, 3.8) is 0 Å². The second-order valence-corrected chi connectivity index (χ2v) is 7.36. The van der Waals surface area contributed by atoms with Crippen molar-refractivity contribution in [2.75, 3.05) is 13.1 Å². The summed E-state index contributed by atoms with van der Waals surface area (Å²) in [5, 5.41) is 6.83. The Morgan fingerprint density at radius 1 is 1.21 bits per heavy atom. The Morgan fingerprint density at radius 2 is 2.00 bits per heavy atom. The minimum Gasteiger partial charge on any atom is -0.389 e. The normalized spacial score (nSPS) is 20.4. The van der Waals surface area contributed by atoms with E-state index in [4.69, 9.17) is 4.84 Å². The first-order valence-corrected chi connectivity index (χ1v) is 9.29. The first kappa shape index (κ1) is 18.2. The molecule has 0 aliphatic carbocycles. The van der Waals surface area contributed by atoms with E-state index in [0.717, 1.165) is 16.7 Å². The molecule has 3 heterocycles. The van der Waals surface area contributed by atoms with E-state index in [-0.39, 0.29) is 23.8 Å². The van der Waals surface area contributed by atoms with Crippen LogP contribution in [0.2, 0.25) is 0 Å². The van der Waals surface area contributed by atoms with Gasteiger partial charge in [0.25, 0.3) is 11.8 Å². The molecule has 1 aromatic carbocycles. The van der Waals surface area contributed by atoms with Gasteiger partial charge in [-0.05, 0) is 37.6 Å². The Hall–Kier alpha value is -3.22. The third kappa shape index (κ3) is 3.60. The third-order valence-corrected chi connectivity index (χ3v) is 5.07. The fourth-order valence-electron chi connectivity index (χ4n) is 3.77. The maximum atomic E-state index is 12.9. The minimum absolute atomic E-state index is 0.0417. The van der Waals surface area contributed by atoms with Gasteiger partial charge in [-0.1, -0.05) is 28.4 Å². The van der Waals surface area contributed by atoms with Crippen molar-refractivity contribution >= 4 is 17.5 Å². The average Bonchev–Trinajstić information content (AvgIpc) is 3.26. The van der Waals surface area contributed by atoms with Crippen LogP contribution < -0.4 is 5.32 Å². The largest absolute Gasteiger partial charge is 0.389 e. The Balaban J connectivity index is 1.40. The molecule has 0 unspecified atom stereocenters. The smallest absolute Gasteiger partial charge is 0.269 e. The van der Waals surface area contributed by atoms with Crippen LogP contribution in [0, 0.1) is 19.8 Å². The summed E-state index contributed by atoms with van der Waals surface area (Å²) in [6.45, 7) is 5.18. The number of rotatable bonds is 4. The number of aromatic nitrogens is 1. The van der Waals surface area contributed by atoms with Gasteiger partial charge in [0.1, 0.15) is 0 Å². The van der Waals surface area contributed by atoms with E-state index in [1.807, 2.05) is 44.2 Å². The molecule has 1 fully saturated rings. The van der Waals surface area contributed by atoms with Crippen LogP contribution in [0.15, 0.2) is 47.9 Å². The van der Waals surface area contributed by atoms with E-state index >= 15 is 0 Å². The van der Waals surface area contributed by atoms with Crippen molar-refractivity contribution in [2.24, 2.45) is 11.1 Å². The maximum absolute atomic E-state index is 12.9. The lowest BCUT2D eigenvalue weighted by Gasteiger charge is -2.17. The first-order valence-electron chi connectivity index (χ1n) is 9.29. The van der Waals surface area contributed by atoms with Gasteiger partial charge in [-0.3, -0.25) is 14.6 Å². The van der Waals surface area contributed by atoms with Gasteiger partial charge in [0, 0.05) is 31.0 Å². The number of oxime groups is 1. The number of nitrogens with zero attached hydrogens (tertiary/aromatic N) is 3. The quantitative estimate of drug-likeness (QED) is 0.880. The summed E-state index contributed by atoms with van der Waals surface area (Å²) in [5.74, 6) is -0.513. The lowest BCUT2D eigenvalue weighted by molar-refractivity contribution is -0.115. The lowest BCUT2D eigenvalue weighted by Crippen LogP contribution is -2.37. The Labute approximate surface area is 163 Å². The number of carbonyl (C=O) groups excluding carboxylic acids is 2. The number of benzene rings is 1. The van der Waals surface area contributed by atoms with Crippen molar-refractivity contribution in [3.05, 3.63) is 65.0 Å². The molecule has 0 radical (unpaired) electrons. The highest BCUT2D eigenvalue weighted by molar-refractivity contribution is 6.40. The predicted molar refractivity (Wildman–Crippen MR) is 104 cm³/mol. The highest BCUT2D eigenvalue weighted by Gasteiger charge is 2.46. The van der Waals surface area contributed by atoms with Gasteiger partial charge < -0.3 is 15.1 Å². The molecular weight excluding hydrogens is 356 g/mol. The summed E-state index contributed by atoms with van der Waals surface area (Å²) in [5.41, 5.74) is 4.03. The third-order valence-electron chi connectivity index (χ3n) is 5.07. The number of hydrogen-bond donors (Lipinski definition) is 1. The average molecular weight is 378 g/mol. The standard InChI is InChI=1S/C21H22N4O3/c1-13-6-14(2)8-16(7-13)21(27)25-11-17-18(12-25)28-24-19(17)20(26)23-10-15-4-3-5-22-9-15/h3-9,17-18H,10-12H2,1-2H3,(H,23,26)/t17-,18+/m0/s1. The van der Waals surface area contributed by atoms with Gasteiger partial charge in [-0.2, -0.15) is 0 Å². The molecule has 2 aromatic rings. The van der Waals surface area contributed by atoms with Crippen LogP contribution in [0.3, 0.4) is 0 Å². The second kappa shape index (κ2) is 7.42. The summed E-state index contributed by atoms with van der Waals surface area (Å²) in [7, 11) is 0. The molecule has 2 aliphatic heterocycles. The number of nitrogens with one attached hydrogen (secondary N) is 1. The van der Waals surface area contributed by atoms with Crippen molar-refractivity contribution in [3.8, 4) is 0 Å². The minimum atomic E-state index is -0.269. The van der Waals surface area contributed by atoms with E-state index in [0.29, 0.717) is 30.9 Å². The lowest BCUT2D eigenvalue weighted by atomic mass is 10.0. The number of hydrogen-bond acceptors (Lipinski definition) is 5. The summed E-state index contributed by atoms with van der Waals surface area (Å²) < 4.78 is 0. The fraction of sp³-hybridized carbons (Fsp3) is 0.333. The van der Waals surface area contributed by atoms with E-state index in [2.05, 4.69) is 15.5 Å². The molecule has 2 amide bonds. The number of carbonyl (C=O) groups is 2. The van der Waals surface area contributed by atoms with Crippen LogP contribution in [-0.2, 0) is 16.2 Å². The van der Waals surface area contributed by atoms with E-state index in [9.17, 15) is 9.59 Å². The molecule has 2 atom stereocenters. The van der Waals surface area contributed by atoms with Crippen LogP contribution >= 0.6 is 0 Å². The molecule has 4 rings (SSSR count). The molecule has 0 spiro atoms. The summed E-state index contributed by atoms with van der Waals surface area (Å²) in [4.78, 5) is 36.7. The molecule has 0 bridgehead atoms. The highest BCUT2D eigenvalue weighted by Crippen LogP contribution is 2.28. The second-order valence-electron chi connectivity index (χ2n) is 7.36. The molecule has 7 nitrogen and oxygen atoms in total. The maximum Gasteiger partial charge on any atom is 0.269 e. The van der Waals surface area contributed by atoms with Gasteiger partial charge in [-0.15, -0.1) is 0 Å². The van der Waals surface area contributed by atoms with Crippen LogP contribution in [0.5, 0.6) is 0 Å². The summed E-state index contributed by atoms with van der Waals surface area (Å²) >= 11 is 0. The van der Waals surface area contributed by atoms with Gasteiger partial charge >= 0.3 is 0 Å². The summed E-state index contributed by atoms with van der Waals surface area (Å²) in [6, 6.07) is 9.53. The van der Waals surface area contributed by atoms with Gasteiger partial charge in [-0.25, -0.2) is 0 Å². The van der Waals surface area contributed by atoms with Crippen molar-refractivity contribution in [1.82, 2.24) is 15.2 Å². The molecule has 1 saturated heterocycles. The Morgan fingerprint density at radius 3 is 2.71 bits per heavy atom. The molecule has 28 heavy (non-hydrogen) atoms. The number of amides is 2. The molecule has 144 valence electrons. The topological polar surface area (TPSA) is 83.9 Å². The molecule has 2 aliphatic rings. The van der Waals surface area contributed by atoms with Gasteiger partial charge in [0.2, 0.25) is 0 Å². The Bertz CT molecular complexity index is 922. The predicted octanol–water partition coefficient (Wildman–Crippen LogP) is 1.84. The monoisotopic (exact) mass is 378 g/mol. The summed E-state index contributed by atoms with van der Waals surface area (Å²) in [6.07, 6.45) is 3.12. The highest BCUT2D eigenvalue weighted by atomic mass is 16.6. The van der Waals surface area contributed by atoms with Crippen molar-refractivity contribution < 1.29 is 14.4 Å².